The molecule has 1 aliphatic rings. The number of hydrogen-bond acceptors (Lipinski definition) is 4. The number of carbonyl (C=O) groups excluding carboxylic acids is 1. The van der Waals surface area contributed by atoms with Gasteiger partial charge >= 0.3 is 6.03 Å². The number of nitrogens with one attached hydrogen (secondary N) is 1. The zero-order valence-electron chi connectivity index (χ0n) is 13.7. The average Bonchev–Trinajstić information content (AvgIpc) is 2.83. The van der Waals surface area contributed by atoms with Crippen LogP contribution in [0.5, 0.6) is 0 Å². The number of hydrogen-bond donors (Lipinski definition) is 2. The summed E-state index contributed by atoms with van der Waals surface area (Å²) < 4.78 is 6.02. The first kappa shape index (κ1) is 17.0. The summed E-state index contributed by atoms with van der Waals surface area (Å²) >= 11 is 3.40. The molecule has 2 amide bonds. The van der Waals surface area contributed by atoms with Gasteiger partial charge in [0.1, 0.15) is 11.4 Å². The maximum Gasteiger partial charge on any atom is 0.317 e. The van der Waals surface area contributed by atoms with Gasteiger partial charge in [0.2, 0.25) is 0 Å². The summed E-state index contributed by atoms with van der Waals surface area (Å²) in [5.41, 5.74) is 1.74. The molecule has 3 rings (SSSR count). The second kappa shape index (κ2) is 6.57. The number of amides is 2. The minimum absolute atomic E-state index is 0.165. The van der Waals surface area contributed by atoms with Gasteiger partial charge in [-0.25, -0.2) is 4.79 Å². The monoisotopic (exact) mass is 393 g/mol. The summed E-state index contributed by atoms with van der Waals surface area (Å²) in [6.45, 7) is 4.85. The topological polar surface area (TPSA) is 78.6 Å². The largest absolute Gasteiger partial charge is 0.381 e. The third-order valence-corrected chi connectivity index (χ3v) is 4.88. The van der Waals surface area contributed by atoms with Gasteiger partial charge in [0.15, 0.2) is 0 Å². The molecular weight excluding hydrogens is 374 g/mol. The van der Waals surface area contributed by atoms with Gasteiger partial charge in [-0.05, 0) is 38.0 Å². The van der Waals surface area contributed by atoms with Crippen LogP contribution >= 0.6 is 15.9 Å². The summed E-state index contributed by atoms with van der Waals surface area (Å²) in [4.78, 5) is 13.8. The van der Waals surface area contributed by atoms with Crippen molar-refractivity contribution in [3.63, 3.8) is 0 Å². The second-order valence-electron chi connectivity index (χ2n) is 6.18. The molecule has 1 aromatic carbocycles. The Labute approximate surface area is 149 Å². The van der Waals surface area contributed by atoms with E-state index in [-0.39, 0.29) is 6.03 Å². The van der Waals surface area contributed by atoms with E-state index in [1.165, 1.54) is 0 Å². The zero-order chi connectivity index (χ0) is 17.3. The molecule has 0 atom stereocenters. The molecule has 1 aliphatic heterocycles. The maximum atomic E-state index is 12.2. The minimum atomic E-state index is -0.969. The fraction of sp³-hybridized carbons (Fsp3) is 0.412. The number of nitrogens with zero attached hydrogens (tertiary/aromatic N) is 2. The molecule has 0 aliphatic carbocycles. The number of carbonyl (C=O) groups is 1. The first-order valence-corrected chi connectivity index (χ1v) is 8.61. The molecule has 2 aromatic rings. The third-order valence-electron chi connectivity index (χ3n) is 4.39. The van der Waals surface area contributed by atoms with Gasteiger partial charge in [-0.3, -0.25) is 0 Å². The van der Waals surface area contributed by atoms with Gasteiger partial charge in [0.05, 0.1) is 18.8 Å². The molecule has 0 spiro atoms. The quantitative estimate of drug-likeness (QED) is 0.836. The van der Waals surface area contributed by atoms with Crippen molar-refractivity contribution in [3.8, 4) is 0 Å². The van der Waals surface area contributed by atoms with E-state index in [4.69, 9.17) is 4.52 Å². The highest BCUT2D eigenvalue weighted by atomic mass is 79.9. The number of aryl methyl sites for hydroxylation is 2. The van der Waals surface area contributed by atoms with Crippen LogP contribution in [0.15, 0.2) is 33.3 Å². The Bertz CT molecular complexity index is 734. The van der Waals surface area contributed by atoms with Crippen molar-refractivity contribution in [2.24, 2.45) is 0 Å². The molecule has 2 heterocycles. The molecule has 128 valence electrons. The van der Waals surface area contributed by atoms with Gasteiger partial charge in [-0.15, -0.1) is 0 Å². The number of aliphatic hydroxyl groups is 1. The minimum Gasteiger partial charge on any atom is -0.381 e. The molecule has 6 nitrogen and oxygen atoms in total. The summed E-state index contributed by atoms with van der Waals surface area (Å²) in [5.74, 6) is 0.787. The Morgan fingerprint density at radius 3 is 2.83 bits per heavy atom. The SMILES string of the molecule is Cc1noc(C)c1CCNC(=O)N1CC(O)(c2cccc(Br)c2)C1. The van der Waals surface area contributed by atoms with Crippen LogP contribution in [-0.2, 0) is 12.0 Å². The number of rotatable bonds is 4. The predicted molar refractivity (Wildman–Crippen MR) is 92.7 cm³/mol. The zero-order valence-corrected chi connectivity index (χ0v) is 15.3. The number of β-amino-alcohol motifs (C(OH)–C–C–N with tert-alkyl or cyclic N) is 1. The van der Waals surface area contributed by atoms with Crippen molar-refractivity contribution in [3.05, 3.63) is 51.3 Å². The number of aromatic nitrogens is 1. The summed E-state index contributed by atoms with van der Waals surface area (Å²) in [6, 6.07) is 7.37. The van der Waals surface area contributed by atoms with E-state index in [0.29, 0.717) is 26.1 Å². The molecule has 2 N–H and O–H groups in total. The first-order chi connectivity index (χ1) is 11.4. The molecule has 0 radical (unpaired) electrons. The standard InChI is InChI=1S/C17H20BrN3O3/c1-11-15(12(2)24-20-11)6-7-19-16(22)21-9-17(23,10-21)13-4-3-5-14(18)8-13/h3-5,8,23H,6-7,9-10H2,1-2H3,(H,19,22). The van der Waals surface area contributed by atoms with E-state index >= 15 is 0 Å². The lowest BCUT2D eigenvalue weighted by Gasteiger charge is -2.46. The van der Waals surface area contributed by atoms with Crippen LogP contribution in [0.2, 0.25) is 0 Å². The molecule has 0 unspecified atom stereocenters. The van der Waals surface area contributed by atoms with Crippen molar-refractivity contribution >= 4 is 22.0 Å². The van der Waals surface area contributed by atoms with E-state index in [0.717, 1.165) is 27.1 Å². The van der Waals surface area contributed by atoms with Crippen molar-refractivity contribution in [2.45, 2.75) is 25.9 Å². The lowest BCUT2D eigenvalue weighted by molar-refractivity contribution is -0.0815. The highest BCUT2D eigenvalue weighted by Gasteiger charge is 2.45. The lowest BCUT2D eigenvalue weighted by Crippen LogP contribution is -2.63. The first-order valence-electron chi connectivity index (χ1n) is 7.82. The Hall–Kier alpha value is -1.86. The summed E-state index contributed by atoms with van der Waals surface area (Å²) in [6.07, 6.45) is 0.677. The molecule has 24 heavy (non-hydrogen) atoms. The molecular formula is C17H20BrN3O3. The fourth-order valence-electron chi connectivity index (χ4n) is 2.95. The Balaban J connectivity index is 1.50. The maximum absolute atomic E-state index is 12.2. The normalized spacial score (nSPS) is 15.9. The van der Waals surface area contributed by atoms with Gasteiger partial charge in [0, 0.05) is 16.6 Å². The second-order valence-corrected chi connectivity index (χ2v) is 7.10. The van der Waals surface area contributed by atoms with Crippen molar-refractivity contribution in [1.29, 1.82) is 0 Å². The molecule has 1 saturated heterocycles. The van der Waals surface area contributed by atoms with Gasteiger partial charge in [-0.2, -0.15) is 0 Å². The lowest BCUT2D eigenvalue weighted by atomic mass is 9.86. The van der Waals surface area contributed by atoms with E-state index in [2.05, 4.69) is 26.4 Å². The molecule has 1 aromatic heterocycles. The van der Waals surface area contributed by atoms with E-state index in [9.17, 15) is 9.90 Å². The smallest absolute Gasteiger partial charge is 0.317 e. The van der Waals surface area contributed by atoms with Gasteiger partial charge in [0.25, 0.3) is 0 Å². The fourth-order valence-corrected chi connectivity index (χ4v) is 3.35. The Morgan fingerprint density at radius 2 is 2.21 bits per heavy atom. The van der Waals surface area contributed by atoms with E-state index < -0.39 is 5.60 Å². The van der Waals surface area contributed by atoms with Crippen molar-refractivity contribution in [2.75, 3.05) is 19.6 Å². The summed E-state index contributed by atoms with van der Waals surface area (Å²) in [5, 5.41) is 17.4. The van der Waals surface area contributed by atoms with Gasteiger partial charge in [-0.1, -0.05) is 33.2 Å². The van der Waals surface area contributed by atoms with Crippen LogP contribution in [0, 0.1) is 13.8 Å². The Morgan fingerprint density at radius 1 is 1.46 bits per heavy atom. The molecule has 0 bridgehead atoms. The van der Waals surface area contributed by atoms with Crippen LogP contribution in [0.1, 0.15) is 22.6 Å². The predicted octanol–water partition coefficient (Wildman–Crippen LogP) is 2.51. The van der Waals surface area contributed by atoms with E-state index in [1.807, 2.05) is 38.1 Å². The number of urea groups is 1. The van der Waals surface area contributed by atoms with Crippen molar-refractivity contribution in [1.82, 2.24) is 15.4 Å². The highest BCUT2D eigenvalue weighted by Crippen LogP contribution is 2.33. The average molecular weight is 394 g/mol. The van der Waals surface area contributed by atoms with Crippen LogP contribution in [0.25, 0.3) is 0 Å². The van der Waals surface area contributed by atoms with Crippen LogP contribution < -0.4 is 5.32 Å². The van der Waals surface area contributed by atoms with Gasteiger partial charge < -0.3 is 19.8 Å². The van der Waals surface area contributed by atoms with Crippen molar-refractivity contribution < 1.29 is 14.4 Å². The van der Waals surface area contributed by atoms with Crippen LogP contribution in [0.4, 0.5) is 4.79 Å². The number of halogens is 1. The van der Waals surface area contributed by atoms with Crippen LogP contribution in [-0.4, -0.2) is 40.8 Å². The summed E-state index contributed by atoms with van der Waals surface area (Å²) in [7, 11) is 0. The Kier molecular flexibility index (Phi) is 4.64. The molecule has 1 fully saturated rings. The third kappa shape index (κ3) is 3.32. The number of benzene rings is 1. The molecule has 0 saturated carbocycles. The van der Waals surface area contributed by atoms with E-state index in [1.54, 1.807) is 4.90 Å². The molecule has 7 heteroatoms. The number of likely N-dealkylation sites (tertiary alicyclic amines) is 1. The van der Waals surface area contributed by atoms with Crippen LogP contribution in [0.3, 0.4) is 0 Å². The highest BCUT2D eigenvalue weighted by molar-refractivity contribution is 9.10.